The second-order valence-electron chi connectivity index (χ2n) is 5.18. The average molecular weight is 280 g/mol. The molecular formula is C12H16N4O2S. The Balaban J connectivity index is 1.99. The zero-order valence-corrected chi connectivity index (χ0v) is 11.7. The minimum Gasteiger partial charge on any atom is -0.322 e. The number of anilines is 1. The Morgan fingerprint density at radius 2 is 2.26 bits per heavy atom. The van der Waals surface area contributed by atoms with E-state index in [2.05, 4.69) is 10.4 Å². The summed E-state index contributed by atoms with van der Waals surface area (Å²) >= 11 is 1.70. The topological polar surface area (TPSA) is 67.2 Å². The van der Waals surface area contributed by atoms with Gasteiger partial charge in [-0.1, -0.05) is 0 Å². The first-order valence-corrected chi connectivity index (χ1v) is 7.48. The molecule has 6 nitrogen and oxygen atoms in total. The van der Waals surface area contributed by atoms with E-state index in [-0.39, 0.29) is 18.0 Å². The number of rotatable bonds is 2. The molecule has 3 heterocycles. The number of urea groups is 1. The van der Waals surface area contributed by atoms with Crippen molar-refractivity contribution in [1.29, 1.82) is 0 Å². The number of amides is 3. The van der Waals surface area contributed by atoms with Gasteiger partial charge in [-0.3, -0.25) is 4.79 Å². The highest BCUT2D eigenvalue weighted by molar-refractivity contribution is 7.99. The number of carbonyl (C=O) groups is 2. The number of nitrogens with one attached hydrogen (secondary N) is 1. The van der Waals surface area contributed by atoms with Crippen LogP contribution in [0.25, 0.3) is 0 Å². The van der Waals surface area contributed by atoms with E-state index >= 15 is 0 Å². The highest BCUT2D eigenvalue weighted by Gasteiger charge is 2.54. The van der Waals surface area contributed by atoms with Gasteiger partial charge >= 0.3 is 6.03 Å². The smallest absolute Gasteiger partial charge is 0.322 e. The highest BCUT2D eigenvalue weighted by Crippen LogP contribution is 2.35. The van der Waals surface area contributed by atoms with Crippen LogP contribution in [-0.2, 0) is 4.79 Å². The molecule has 1 N–H and O–H groups in total. The molecule has 2 aliphatic heterocycles. The molecule has 0 unspecified atom stereocenters. The van der Waals surface area contributed by atoms with Crippen molar-refractivity contribution in [3.63, 3.8) is 0 Å². The molecule has 0 aromatic carbocycles. The van der Waals surface area contributed by atoms with Gasteiger partial charge in [-0.2, -0.15) is 16.9 Å². The lowest BCUT2D eigenvalue weighted by molar-refractivity contribution is -0.121. The van der Waals surface area contributed by atoms with Crippen LogP contribution in [0.5, 0.6) is 0 Å². The lowest BCUT2D eigenvalue weighted by Gasteiger charge is -2.20. The summed E-state index contributed by atoms with van der Waals surface area (Å²) in [5.74, 6) is 1.96. The Bertz CT molecular complexity index is 534. The first-order chi connectivity index (χ1) is 9.05. The molecule has 2 fully saturated rings. The molecule has 2 aliphatic rings. The van der Waals surface area contributed by atoms with E-state index in [1.165, 1.54) is 4.90 Å². The second-order valence-corrected chi connectivity index (χ2v) is 6.29. The predicted molar refractivity (Wildman–Crippen MR) is 73.3 cm³/mol. The Kier molecular flexibility index (Phi) is 2.81. The van der Waals surface area contributed by atoms with Gasteiger partial charge in [0.25, 0.3) is 5.91 Å². The van der Waals surface area contributed by atoms with Crippen molar-refractivity contribution in [2.24, 2.45) is 0 Å². The van der Waals surface area contributed by atoms with E-state index in [0.29, 0.717) is 18.0 Å². The van der Waals surface area contributed by atoms with Crippen molar-refractivity contribution in [2.75, 3.05) is 16.4 Å². The van der Waals surface area contributed by atoms with E-state index in [4.69, 9.17) is 0 Å². The van der Waals surface area contributed by atoms with Gasteiger partial charge in [0.2, 0.25) is 0 Å². The van der Waals surface area contributed by atoms with Crippen molar-refractivity contribution in [3.05, 3.63) is 12.3 Å². The maximum Gasteiger partial charge on any atom is 0.330 e. The molecular weight excluding hydrogens is 264 g/mol. The first-order valence-electron chi connectivity index (χ1n) is 6.33. The van der Waals surface area contributed by atoms with Gasteiger partial charge in [0.1, 0.15) is 11.4 Å². The van der Waals surface area contributed by atoms with Crippen molar-refractivity contribution in [2.45, 2.75) is 31.8 Å². The molecule has 0 radical (unpaired) electrons. The van der Waals surface area contributed by atoms with Gasteiger partial charge in [-0.25, -0.2) is 14.4 Å². The molecule has 102 valence electrons. The van der Waals surface area contributed by atoms with Crippen LogP contribution in [0, 0.1) is 0 Å². The average Bonchev–Trinajstić information content (AvgIpc) is 3.02. The quantitative estimate of drug-likeness (QED) is 0.831. The summed E-state index contributed by atoms with van der Waals surface area (Å²) in [6.07, 6.45) is 2.32. The fraction of sp³-hybridized carbons (Fsp3) is 0.583. The second kappa shape index (κ2) is 4.26. The highest BCUT2D eigenvalue weighted by atomic mass is 32.2. The first kappa shape index (κ1) is 12.5. The van der Waals surface area contributed by atoms with Crippen LogP contribution in [0.3, 0.4) is 0 Å². The molecule has 0 saturated carbocycles. The fourth-order valence-electron chi connectivity index (χ4n) is 2.54. The van der Waals surface area contributed by atoms with Crippen LogP contribution in [0.4, 0.5) is 10.6 Å². The third kappa shape index (κ3) is 1.75. The molecule has 3 amide bonds. The maximum atomic E-state index is 12.6. The van der Waals surface area contributed by atoms with E-state index in [9.17, 15) is 9.59 Å². The monoisotopic (exact) mass is 280 g/mol. The van der Waals surface area contributed by atoms with Gasteiger partial charge < -0.3 is 5.32 Å². The van der Waals surface area contributed by atoms with E-state index in [0.717, 1.165) is 5.75 Å². The number of hydrogen-bond acceptors (Lipinski definition) is 4. The summed E-state index contributed by atoms with van der Waals surface area (Å²) in [5, 5.41) is 7.04. The third-order valence-electron chi connectivity index (χ3n) is 3.55. The number of aromatic nitrogens is 2. The van der Waals surface area contributed by atoms with Crippen LogP contribution in [0.2, 0.25) is 0 Å². The summed E-state index contributed by atoms with van der Waals surface area (Å²) in [7, 11) is 0. The zero-order chi connectivity index (χ0) is 13.6. The summed E-state index contributed by atoms with van der Waals surface area (Å²) < 4.78 is 1.69. The van der Waals surface area contributed by atoms with E-state index in [1.54, 1.807) is 28.7 Å². The number of thioether (sulfide) groups is 1. The summed E-state index contributed by atoms with van der Waals surface area (Å²) in [6.45, 7) is 3.94. The predicted octanol–water partition coefficient (Wildman–Crippen LogP) is 1.40. The minimum atomic E-state index is -0.701. The van der Waals surface area contributed by atoms with Crippen molar-refractivity contribution in [1.82, 2.24) is 15.1 Å². The molecule has 1 aromatic heterocycles. The van der Waals surface area contributed by atoms with E-state index < -0.39 is 5.54 Å². The Hall–Kier alpha value is -1.50. The number of nitrogens with zero attached hydrogens (tertiary/aromatic N) is 3. The fourth-order valence-corrected chi connectivity index (χ4v) is 3.87. The zero-order valence-electron chi connectivity index (χ0n) is 10.9. The van der Waals surface area contributed by atoms with Crippen LogP contribution in [0.15, 0.2) is 12.3 Å². The Morgan fingerprint density at radius 3 is 2.89 bits per heavy atom. The van der Waals surface area contributed by atoms with Gasteiger partial charge in [0.15, 0.2) is 0 Å². The summed E-state index contributed by atoms with van der Waals surface area (Å²) in [5.41, 5.74) is -0.701. The number of imide groups is 1. The summed E-state index contributed by atoms with van der Waals surface area (Å²) in [4.78, 5) is 26.0. The maximum absolute atomic E-state index is 12.6. The molecule has 0 aliphatic carbocycles. The van der Waals surface area contributed by atoms with Crippen LogP contribution in [-0.4, -0.2) is 38.8 Å². The molecule has 7 heteroatoms. The van der Waals surface area contributed by atoms with Crippen molar-refractivity contribution < 1.29 is 9.59 Å². The van der Waals surface area contributed by atoms with E-state index in [1.807, 2.05) is 13.8 Å². The number of hydrogen-bond donors (Lipinski definition) is 1. The molecule has 2 saturated heterocycles. The summed E-state index contributed by atoms with van der Waals surface area (Å²) in [6, 6.07) is 1.47. The SMILES string of the molecule is CC(C)n1nccc1N1C(=O)N[C@@]2(CCSC2)C1=O. The molecule has 1 aromatic rings. The van der Waals surface area contributed by atoms with Crippen LogP contribution < -0.4 is 10.2 Å². The Labute approximate surface area is 115 Å². The van der Waals surface area contributed by atoms with Gasteiger partial charge in [-0.15, -0.1) is 0 Å². The normalized spacial score (nSPS) is 26.8. The third-order valence-corrected chi connectivity index (χ3v) is 4.74. The molecule has 19 heavy (non-hydrogen) atoms. The van der Waals surface area contributed by atoms with Crippen molar-refractivity contribution in [3.8, 4) is 0 Å². The van der Waals surface area contributed by atoms with Crippen molar-refractivity contribution >= 4 is 29.5 Å². The lowest BCUT2D eigenvalue weighted by Crippen LogP contribution is -2.47. The van der Waals surface area contributed by atoms with Gasteiger partial charge in [0, 0.05) is 17.9 Å². The largest absolute Gasteiger partial charge is 0.330 e. The lowest BCUT2D eigenvalue weighted by atomic mass is 9.99. The van der Waals surface area contributed by atoms with Crippen LogP contribution >= 0.6 is 11.8 Å². The molecule has 0 bridgehead atoms. The van der Waals surface area contributed by atoms with Gasteiger partial charge in [0.05, 0.1) is 6.20 Å². The van der Waals surface area contributed by atoms with Gasteiger partial charge in [-0.05, 0) is 26.0 Å². The standard InChI is InChI=1S/C12H16N4O2S/c1-8(2)16-9(3-5-13-16)15-10(17)12(14-11(15)18)4-6-19-7-12/h3,5,8H,4,6-7H2,1-2H3,(H,14,18)/t12-/m1/s1. The number of carbonyl (C=O) groups excluding carboxylic acids is 2. The Morgan fingerprint density at radius 1 is 1.47 bits per heavy atom. The van der Waals surface area contributed by atoms with Crippen LogP contribution in [0.1, 0.15) is 26.3 Å². The molecule has 3 rings (SSSR count). The minimum absolute atomic E-state index is 0.0973. The molecule has 1 atom stereocenters. The molecule has 1 spiro atoms.